The van der Waals surface area contributed by atoms with Gasteiger partial charge in [-0.25, -0.2) is 0 Å². The van der Waals surface area contributed by atoms with Crippen molar-refractivity contribution < 1.29 is 4.74 Å². The standard InChI is InChI=1S/C22H18BrN3OS/c23-18-9-7-8-17(14-18)16-28-22-25-24-21(15-27-20-12-5-2-6-13-20)26(22)19-10-3-1-4-11-19/h1-14H,15-16H2. The van der Waals surface area contributed by atoms with Gasteiger partial charge in [0.25, 0.3) is 0 Å². The second kappa shape index (κ2) is 9.08. The van der Waals surface area contributed by atoms with Crippen LogP contribution in [0.2, 0.25) is 0 Å². The van der Waals surface area contributed by atoms with Crippen LogP contribution in [0.4, 0.5) is 0 Å². The van der Waals surface area contributed by atoms with Crippen molar-refractivity contribution >= 4 is 27.7 Å². The van der Waals surface area contributed by atoms with Crippen molar-refractivity contribution in [3.8, 4) is 11.4 Å². The largest absolute Gasteiger partial charge is 0.486 e. The molecule has 0 radical (unpaired) electrons. The summed E-state index contributed by atoms with van der Waals surface area (Å²) in [4.78, 5) is 0. The zero-order valence-corrected chi connectivity index (χ0v) is 17.4. The van der Waals surface area contributed by atoms with Crippen LogP contribution in [0.1, 0.15) is 11.4 Å². The molecule has 0 fully saturated rings. The normalized spacial score (nSPS) is 10.8. The van der Waals surface area contributed by atoms with Crippen molar-refractivity contribution in [3.05, 3.63) is 101 Å². The Morgan fingerprint density at radius 2 is 1.61 bits per heavy atom. The van der Waals surface area contributed by atoms with Gasteiger partial charge < -0.3 is 4.74 Å². The molecular formula is C22H18BrN3OS. The Labute approximate surface area is 176 Å². The highest BCUT2D eigenvalue weighted by Crippen LogP contribution is 2.26. The van der Waals surface area contributed by atoms with E-state index in [9.17, 15) is 0 Å². The molecule has 0 saturated heterocycles. The SMILES string of the molecule is Brc1cccc(CSc2nnc(COc3ccccc3)n2-c2ccccc2)c1. The first-order chi connectivity index (χ1) is 13.8. The molecule has 140 valence electrons. The van der Waals surface area contributed by atoms with Crippen LogP contribution >= 0.6 is 27.7 Å². The second-order valence-electron chi connectivity index (χ2n) is 6.09. The third-order valence-corrected chi connectivity index (χ3v) is 5.58. The zero-order chi connectivity index (χ0) is 19.2. The first-order valence-corrected chi connectivity index (χ1v) is 10.6. The molecular weight excluding hydrogens is 434 g/mol. The highest BCUT2D eigenvalue weighted by molar-refractivity contribution is 9.10. The van der Waals surface area contributed by atoms with Crippen LogP contribution in [-0.4, -0.2) is 14.8 Å². The summed E-state index contributed by atoms with van der Waals surface area (Å²) < 4.78 is 9.04. The van der Waals surface area contributed by atoms with Gasteiger partial charge >= 0.3 is 0 Å². The quantitative estimate of drug-likeness (QED) is 0.328. The molecule has 0 N–H and O–H groups in total. The zero-order valence-electron chi connectivity index (χ0n) is 15.0. The summed E-state index contributed by atoms with van der Waals surface area (Å²) in [5.41, 5.74) is 2.25. The van der Waals surface area contributed by atoms with Gasteiger partial charge in [0.15, 0.2) is 11.0 Å². The number of para-hydroxylation sites is 2. The van der Waals surface area contributed by atoms with E-state index in [4.69, 9.17) is 4.74 Å². The smallest absolute Gasteiger partial charge is 0.196 e. The Hall–Kier alpha value is -2.57. The molecule has 0 bridgehead atoms. The average molecular weight is 452 g/mol. The number of halogens is 1. The molecule has 0 saturated carbocycles. The van der Waals surface area contributed by atoms with E-state index < -0.39 is 0 Å². The molecule has 4 aromatic rings. The van der Waals surface area contributed by atoms with Crippen LogP contribution < -0.4 is 4.74 Å². The molecule has 4 rings (SSSR count). The van der Waals surface area contributed by atoms with Gasteiger partial charge in [-0.2, -0.15) is 0 Å². The van der Waals surface area contributed by atoms with Crippen LogP contribution in [0.5, 0.6) is 5.75 Å². The maximum atomic E-state index is 5.91. The molecule has 0 atom stereocenters. The third-order valence-electron chi connectivity index (χ3n) is 4.08. The van der Waals surface area contributed by atoms with Crippen molar-refractivity contribution in [2.24, 2.45) is 0 Å². The van der Waals surface area contributed by atoms with E-state index in [0.717, 1.165) is 32.6 Å². The number of hydrogen-bond acceptors (Lipinski definition) is 4. The van der Waals surface area contributed by atoms with Gasteiger partial charge in [0.2, 0.25) is 0 Å². The topological polar surface area (TPSA) is 39.9 Å². The predicted octanol–water partition coefficient (Wildman–Crippen LogP) is 5.90. The minimum absolute atomic E-state index is 0.351. The lowest BCUT2D eigenvalue weighted by Crippen LogP contribution is -2.06. The van der Waals surface area contributed by atoms with Gasteiger partial charge in [-0.1, -0.05) is 76.2 Å². The minimum Gasteiger partial charge on any atom is -0.486 e. The van der Waals surface area contributed by atoms with Crippen molar-refractivity contribution in [1.82, 2.24) is 14.8 Å². The van der Waals surface area contributed by atoms with Gasteiger partial charge in [0, 0.05) is 15.9 Å². The Morgan fingerprint density at radius 1 is 0.857 bits per heavy atom. The second-order valence-corrected chi connectivity index (χ2v) is 7.95. The summed E-state index contributed by atoms with van der Waals surface area (Å²) in [5.74, 6) is 2.39. The lowest BCUT2D eigenvalue weighted by molar-refractivity contribution is 0.293. The summed E-state index contributed by atoms with van der Waals surface area (Å²) in [5, 5.41) is 9.67. The highest BCUT2D eigenvalue weighted by Gasteiger charge is 2.15. The van der Waals surface area contributed by atoms with Gasteiger partial charge in [0.05, 0.1) is 0 Å². The molecule has 3 aromatic carbocycles. The van der Waals surface area contributed by atoms with Crippen molar-refractivity contribution in [1.29, 1.82) is 0 Å². The van der Waals surface area contributed by atoms with E-state index in [1.807, 2.05) is 60.7 Å². The Bertz CT molecular complexity index is 1040. The molecule has 4 nitrogen and oxygen atoms in total. The number of hydrogen-bond donors (Lipinski definition) is 0. The fraction of sp³-hybridized carbons (Fsp3) is 0.0909. The molecule has 28 heavy (non-hydrogen) atoms. The first-order valence-electron chi connectivity index (χ1n) is 8.84. The summed E-state index contributed by atoms with van der Waals surface area (Å²) in [7, 11) is 0. The highest BCUT2D eigenvalue weighted by atomic mass is 79.9. The summed E-state index contributed by atoms with van der Waals surface area (Å²) in [6, 6.07) is 28.2. The molecule has 1 aromatic heterocycles. The van der Waals surface area contributed by atoms with E-state index >= 15 is 0 Å². The summed E-state index contributed by atoms with van der Waals surface area (Å²) in [6.07, 6.45) is 0. The molecule has 0 amide bonds. The number of aromatic nitrogens is 3. The summed E-state index contributed by atoms with van der Waals surface area (Å²) in [6.45, 7) is 0.351. The van der Waals surface area contributed by atoms with Crippen LogP contribution in [0.25, 0.3) is 5.69 Å². The fourth-order valence-electron chi connectivity index (χ4n) is 2.76. The number of ether oxygens (including phenoxy) is 1. The van der Waals surface area contributed by atoms with E-state index in [-0.39, 0.29) is 0 Å². The van der Waals surface area contributed by atoms with Crippen LogP contribution in [-0.2, 0) is 12.4 Å². The molecule has 0 aliphatic heterocycles. The van der Waals surface area contributed by atoms with Crippen LogP contribution in [0, 0.1) is 0 Å². The Morgan fingerprint density at radius 3 is 2.36 bits per heavy atom. The van der Waals surface area contributed by atoms with E-state index in [0.29, 0.717) is 6.61 Å². The molecule has 6 heteroatoms. The average Bonchev–Trinajstić information content (AvgIpc) is 3.15. The predicted molar refractivity (Wildman–Crippen MR) is 116 cm³/mol. The molecule has 0 aliphatic rings. The lowest BCUT2D eigenvalue weighted by atomic mass is 10.2. The number of thioether (sulfide) groups is 1. The van der Waals surface area contributed by atoms with Crippen molar-refractivity contribution in [2.45, 2.75) is 17.5 Å². The third kappa shape index (κ3) is 4.64. The van der Waals surface area contributed by atoms with Crippen molar-refractivity contribution in [2.75, 3.05) is 0 Å². The molecule has 0 aliphatic carbocycles. The molecule has 0 unspecified atom stereocenters. The van der Waals surface area contributed by atoms with Gasteiger partial charge in [-0.05, 0) is 42.0 Å². The maximum Gasteiger partial charge on any atom is 0.196 e. The van der Waals surface area contributed by atoms with Crippen LogP contribution in [0.15, 0.2) is 94.6 Å². The maximum absolute atomic E-state index is 5.91. The van der Waals surface area contributed by atoms with Gasteiger partial charge in [-0.15, -0.1) is 10.2 Å². The van der Waals surface area contributed by atoms with E-state index in [1.54, 1.807) is 11.8 Å². The Kier molecular flexibility index (Phi) is 6.09. The number of rotatable bonds is 7. The number of nitrogens with zero attached hydrogens (tertiary/aromatic N) is 3. The minimum atomic E-state index is 0.351. The van der Waals surface area contributed by atoms with Crippen LogP contribution in [0.3, 0.4) is 0 Å². The van der Waals surface area contributed by atoms with E-state index in [2.05, 4.69) is 55.0 Å². The first kappa shape index (κ1) is 18.8. The fourth-order valence-corrected chi connectivity index (χ4v) is 4.12. The Balaban J connectivity index is 1.58. The lowest BCUT2D eigenvalue weighted by Gasteiger charge is -2.11. The monoisotopic (exact) mass is 451 g/mol. The van der Waals surface area contributed by atoms with Crippen molar-refractivity contribution in [3.63, 3.8) is 0 Å². The number of benzene rings is 3. The molecule has 1 heterocycles. The summed E-state index contributed by atoms with van der Waals surface area (Å²) >= 11 is 5.19. The molecule has 0 spiro atoms. The van der Waals surface area contributed by atoms with E-state index in [1.165, 1.54) is 5.56 Å². The van der Waals surface area contributed by atoms with Gasteiger partial charge in [0.1, 0.15) is 12.4 Å². The van der Waals surface area contributed by atoms with Gasteiger partial charge in [-0.3, -0.25) is 4.57 Å².